The third kappa shape index (κ3) is 3.19. The topological polar surface area (TPSA) is 57.6 Å². The number of benzene rings is 1. The first-order valence-electron chi connectivity index (χ1n) is 5.91. The summed E-state index contributed by atoms with van der Waals surface area (Å²) in [5.74, 6) is -1.37. The Morgan fingerprint density at radius 1 is 1.26 bits per heavy atom. The highest BCUT2D eigenvalue weighted by Crippen LogP contribution is 2.31. The molecule has 1 aromatic carbocycles. The third-order valence-electron chi connectivity index (χ3n) is 3.06. The Morgan fingerprint density at radius 3 is 2.21 bits per heavy atom. The Kier molecular flexibility index (Phi) is 4.02. The van der Waals surface area contributed by atoms with Gasteiger partial charge in [-0.15, -0.1) is 0 Å². The van der Waals surface area contributed by atoms with Gasteiger partial charge in [-0.25, -0.2) is 4.79 Å². The molecule has 1 fully saturated rings. The van der Waals surface area contributed by atoms with E-state index in [9.17, 15) is 9.59 Å². The van der Waals surface area contributed by atoms with Gasteiger partial charge in [0, 0.05) is 21.7 Å². The van der Waals surface area contributed by atoms with E-state index in [0.717, 1.165) is 12.8 Å². The SMILES string of the molecule is CC(C(=O)O)N(C(=O)c1cc(Cl)cc(Cl)c1)C1CC1. The van der Waals surface area contributed by atoms with Crippen LogP contribution in [0.2, 0.25) is 10.0 Å². The average Bonchev–Trinajstić information content (AvgIpc) is 3.12. The quantitative estimate of drug-likeness (QED) is 0.930. The van der Waals surface area contributed by atoms with Gasteiger partial charge in [0.1, 0.15) is 6.04 Å². The number of carboxylic acid groups (broad SMARTS) is 1. The minimum atomic E-state index is -1.02. The van der Waals surface area contributed by atoms with Gasteiger partial charge < -0.3 is 10.0 Å². The van der Waals surface area contributed by atoms with Crippen molar-refractivity contribution in [2.75, 3.05) is 0 Å². The Morgan fingerprint density at radius 2 is 1.79 bits per heavy atom. The summed E-state index contributed by atoms with van der Waals surface area (Å²) in [5, 5.41) is 9.80. The molecular weight excluding hydrogens is 289 g/mol. The average molecular weight is 302 g/mol. The summed E-state index contributed by atoms with van der Waals surface area (Å²) in [6.45, 7) is 1.50. The van der Waals surface area contributed by atoms with Crippen molar-refractivity contribution in [2.45, 2.75) is 31.8 Å². The summed E-state index contributed by atoms with van der Waals surface area (Å²) < 4.78 is 0. The lowest BCUT2D eigenvalue weighted by Gasteiger charge is -2.26. The highest BCUT2D eigenvalue weighted by molar-refractivity contribution is 6.35. The molecule has 6 heteroatoms. The molecule has 1 atom stereocenters. The van der Waals surface area contributed by atoms with Crippen molar-refractivity contribution in [1.29, 1.82) is 0 Å². The van der Waals surface area contributed by atoms with Gasteiger partial charge in [-0.1, -0.05) is 23.2 Å². The molecule has 1 aliphatic rings. The van der Waals surface area contributed by atoms with Crippen molar-refractivity contribution < 1.29 is 14.7 Å². The number of carbonyl (C=O) groups is 2. The highest BCUT2D eigenvalue weighted by Gasteiger charge is 2.38. The third-order valence-corrected chi connectivity index (χ3v) is 3.50. The van der Waals surface area contributed by atoms with Crippen molar-refractivity contribution in [1.82, 2.24) is 4.90 Å². The smallest absolute Gasteiger partial charge is 0.326 e. The molecule has 1 unspecified atom stereocenters. The second kappa shape index (κ2) is 5.39. The first kappa shape index (κ1) is 14.2. The minimum Gasteiger partial charge on any atom is -0.480 e. The minimum absolute atomic E-state index is 0.00337. The van der Waals surface area contributed by atoms with Crippen LogP contribution in [0.4, 0.5) is 0 Å². The van der Waals surface area contributed by atoms with E-state index in [4.69, 9.17) is 28.3 Å². The zero-order chi connectivity index (χ0) is 14.2. The summed E-state index contributed by atoms with van der Waals surface area (Å²) in [7, 11) is 0. The van der Waals surface area contributed by atoms with Crippen LogP contribution in [0.3, 0.4) is 0 Å². The maximum atomic E-state index is 12.4. The number of carbonyl (C=O) groups excluding carboxylic acids is 1. The molecule has 4 nitrogen and oxygen atoms in total. The fraction of sp³-hybridized carbons (Fsp3) is 0.385. The van der Waals surface area contributed by atoms with E-state index in [1.54, 1.807) is 0 Å². The highest BCUT2D eigenvalue weighted by atomic mass is 35.5. The molecule has 1 aliphatic carbocycles. The maximum Gasteiger partial charge on any atom is 0.326 e. The number of nitrogens with zero attached hydrogens (tertiary/aromatic N) is 1. The van der Waals surface area contributed by atoms with Crippen LogP contribution in [0, 0.1) is 0 Å². The molecule has 0 aliphatic heterocycles. The number of hydrogen-bond acceptors (Lipinski definition) is 2. The molecule has 1 aromatic rings. The lowest BCUT2D eigenvalue weighted by molar-refractivity contribution is -0.141. The molecule has 19 heavy (non-hydrogen) atoms. The van der Waals surface area contributed by atoms with Gasteiger partial charge in [0.05, 0.1) is 0 Å². The first-order valence-corrected chi connectivity index (χ1v) is 6.67. The Hall–Kier alpha value is -1.26. The molecular formula is C13H13Cl2NO3. The summed E-state index contributed by atoms with van der Waals surface area (Å²) >= 11 is 11.7. The van der Waals surface area contributed by atoms with Gasteiger partial charge in [-0.05, 0) is 38.0 Å². The van der Waals surface area contributed by atoms with Gasteiger partial charge in [-0.3, -0.25) is 4.79 Å². The maximum absolute atomic E-state index is 12.4. The van der Waals surface area contributed by atoms with Crippen LogP contribution in [0.15, 0.2) is 18.2 Å². The monoisotopic (exact) mass is 301 g/mol. The zero-order valence-corrected chi connectivity index (χ0v) is 11.8. The molecule has 0 radical (unpaired) electrons. The molecule has 1 amide bonds. The number of carboxylic acids is 1. The fourth-order valence-electron chi connectivity index (χ4n) is 1.96. The van der Waals surface area contributed by atoms with E-state index in [-0.39, 0.29) is 11.9 Å². The van der Waals surface area contributed by atoms with E-state index in [0.29, 0.717) is 15.6 Å². The van der Waals surface area contributed by atoms with E-state index in [1.807, 2.05) is 0 Å². The molecule has 0 aromatic heterocycles. The molecule has 0 spiro atoms. The van der Waals surface area contributed by atoms with Gasteiger partial charge in [0.2, 0.25) is 0 Å². The van der Waals surface area contributed by atoms with Crippen molar-refractivity contribution in [3.8, 4) is 0 Å². The Bertz CT molecular complexity index is 508. The lowest BCUT2D eigenvalue weighted by Crippen LogP contribution is -2.44. The number of aliphatic carboxylic acids is 1. The van der Waals surface area contributed by atoms with Crippen LogP contribution < -0.4 is 0 Å². The predicted octanol–water partition coefficient (Wildman–Crippen LogP) is 3.07. The van der Waals surface area contributed by atoms with Gasteiger partial charge in [0.15, 0.2) is 0 Å². The van der Waals surface area contributed by atoms with Crippen molar-refractivity contribution >= 4 is 35.1 Å². The number of amides is 1. The summed E-state index contributed by atoms with van der Waals surface area (Å²) in [5.41, 5.74) is 0.317. The second-order valence-electron chi connectivity index (χ2n) is 4.62. The van der Waals surface area contributed by atoms with E-state index in [2.05, 4.69) is 0 Å². The Labute approximate surface area is 120 Å². The predicted molar refractivity (Wildman–Crippen MR) is 72.8 cm³/mol. The molecule has 0 heterocycles. The fourth-order valence-corrected chi connectivity index (χ4v) is 2.48. The number of halogens is 2. The molecule has 0 saturated heterocycles. The lowest BCUT2D eigenvalue weighted by atomic mass is 10.1. The number of rotatable bonds is 4. The van der Waals surface area contributed by atoms with Gasteiger partial charge >= 0.3 is 5.97 Å². The summed E-state index contributed by atoms with van der Waals surface area (Å²) in [6.07, 6.45) is 1.66. The van der Waals surface area contributed by atoms with Crippen LogP contribution in [0.5, 0.6) is 0 Å². The Balaban J connectivity index is 2.31. The van der Waals surface area contributed by atoms with Gasteiger partial charge in [-0.2, -0.15) is 0 Å². The van der Waals surface area contributed by atoms with Crippen molar-refractivity contribution in [3.05, 3.63) is 33.8 Å². The molecule has 1 N–H and O–H groups in total. The first-order chi connectivity index (χ1) is 8.90. The largest absolute Gasteiger partial charge is 0.480 e. The summed E-state index contributed by atoms with van der Waals surface area (Å²) in [6, 6.07) is 3.66. The zero-order valence-electron chi connectivity index (χ0n) is 10.3. The molecule has 2 rings (SSSR count). The normalized spacial score (nSPS) is 15.9. The van der Waals surface area contributed by atoms with Crippen LogP contribution >= 0.6 is 23.2 Å². The van der Waals surface area contributed by atoms with E-state index in [1.165, 1.54) is 30.0 Å². The molecule has 102 valence electrons. The van der Waals surface area contributed by atoms with E-state index >= 15 is 0 Å². The molecule has 0 bridgehead atoms. The number of hydrogen-bond donors (Lipinski definition) is 1. The van der Waals surface area contributed by atoms with Crippen molar-refractivity contribution in [2.24, 2.45) is 0 Å². The standard InChI is InChI=1S/C13H13Cl2NO3/c1-7(13(18)19)16(11-2-3-11)12(17)8-4-9(14)6-10(15)5-8/h4-7,11H,2-3H2,1H3,(H,18,19). The molecule has 1 saturated carbocycles. The van der Waals surface area contributed by atoms with E-state index < -0.39 is 12.0 Å². The summed E-state index contributed by atoms with van der Waals surface area (Å²) in [4.78, 5) is 24.9. The van der Waals surface area contributed by atoms with Crippen molar-refractivity contribution in [3.63, 3.8) is 0 Å². The van der Waals surface area contributed by atoms with Crippen LogP contribution in [-0.4, -0.2) is 34.0 Å². The van der Waals surface area contributed by atoms with Gasteiger partial charge in [0.25, 0.3) is 5.91 Å². The van der Waals surface area contributed by atoms with Crippen LogP contribution in [-0.2, 0) is 4.79 Å². The van der Waals surface area contributed by atoms with Crippen LogP contribution in [0.1, 0.15) is 30.1 Å². The van der Waals surface area contributed by atoms with Crippen LogP contribution in [0.25, 0.3) is 0 Å². The second-order valence-corrected chi connectivity index (χ2v) is 5.49.